The molecule has 35 heavy (non-hydrogen) atoms. The highest BCUT2D eigenvalue weighted by molar-refractivity contribution is 5.85. The van der Waals surface area contributed by atoms with Crippen molar-refractivity contribution in [1.29, 1.82) is 0 Å². The molecule has 5 rings (SSSR count). The van der Waals surface area contributed by atoms with E-state index in [2.05, 4.69) is 17.1 Å². The lowest BCUT2D eigenvalue weighted by molar-refractivity contribution is -0.149. The molecule has 2 aliphatic rings. The van der Waals surface area contributed by atoms with E-state index in [0.29, 0.717) is 12.1 Å². The Kier molecular flexibility index (Phi) is 6.11. The Morgan fingerprint density at radius 3 is 2.54 bits per heavy atom. The molecular formula is C28H31F2N3O2. The molecule has 3 aromatic rings. The van der Waals surface area contributed by atoms with E-state index in [1.54, 1.807) is 13.4 Å². The van der Waals surface area contributed by atoms with Crippen LogP contribution in [0.25, 0.3) is 5.69 Å². The molecule has 184 valence electrons. The average Bonchev–Trinajstić information content (AvgIpc) is 3.46. The second kappa shape index (κ2) is 9.10. The predicted molar refractivity (Wildman–Crippen MR) is 130 cm³/mol. The third kappa shape index (κ3) is 4.11. The van der Waals surface area contributed by atoms with Crippen molar-refractivity contribution < 1.29 is 18.3 Å². The molecular weight excluding hydrogens is 448 g/mol. The van der Waals surface area contributed by atoms with Crippen LogP contribution in [0.3, 0.4) is 0 Å². The third-order valence-electron chi connectivity index (χ3n) is 7.92. The summed E-state index contributed by atoms with van der Waals surface area (Å²) in [6, 6.07) is 9.32. The summed E-state index contributed by atoms with van der Waals surface area (Å²) in [5.74, 6) is -0.334. The van der Waals surface area contributed by atoms with Gasteiger partial charge in [0.1, 0.15) is 17.4 Å². The summed E-state index contributed by atoms with van der Waals surface area (Å²) in [7, 11) is 1.66. The number of carbonyl (C=O) groups is 1. The molecule has 2 fully saturated rings. The molecule has 1 spiro atoms. The minimum absolute atomic E-state index is 0.0710. The number of aromatic nitrogens is 2. The Labute approximate surface area is 204 Å². The first-order valence-electron chi connectivity index (χ1n) is 12.3. The summed E-state index contributed by atoms with van der Waals surface area (Å²) < 4.78 is 35.5. The zero-order valence-electron chi connectivity index (χ0n) is 20.4. The quantitative estimate of drug-likeness (QED) is 0.444. The zero-order chi connectivity index (χ0) is 24.7. The van der Waals surface area contributed by atoms with Gasteiger partial charge >= 0.3 is 0 Å². The van der Waals surface area contributed by atoms with E-state index in [9.17, 15) is 13.6 Å². The van der Waals surface area contributed by atoms with Crippen LogP contribution in [0.4, 0.5) is 8.78 Å². The molecule has 1 aromatic heterocycles. The lowest BCUT2D eigenvalue weighted by Crippen LogP contribution is -2.50. The van der Waals surface area contributed by atoms with Crippen molar-refractivity contribution >= 4 is 5.91 Å². The van der Waals surface area contributed by atoms with E-state index in [0.717, 1.165) is 60.9 Å². The number of halogens is 2. The number of carbonyl (C=O) groups excluding carboxylic acids is 1. The van der Waals surface area contributed by atoms with Gasteiger partial charge in [-0.05, 0) is 80.8 Å². The van der Waals surface area contributed by atoms with Crippen molar-refractivity contribution in [2.75, 3.05) is 13.7 Å². The molecule has 1 aliphatic heterocycles. The van der Waals surface area contributed by atoms with E-state index < -0.39 is 23.1 Å². The number of piperidine rings is 1. The van der Waals surface area contributed by atoms with Crippen molar-refractivity contribution in [3.63, 3.8) is 0 Å². The van der Waals surface area contributed by atoms with E-state index >= 15 is 0 Å². The molecule has 5 nitrogen and oxygen atoms in total. The fourth-order valence-electron chi connectivity index (χ4n) is 6.22. The van der Waals surface area contributed by atoms with E-state index in [4.69, 9.17) is 4.74 Å². The van der Waals surface area contributed by atoms with E-state index in [-0.39, 0.29) is 11.8 Å². The van der Waals surface area contributed by atoms with Crippen molar-refractivity contribution in [3.8, 4) is 11.4 Å². The van der Waals surface area contributed by atoms with Crippen LogP contribution in [0.15, 0.2) is 48.9 Å². The fraction of sp³-hybridized carbons (Fsp3) is 0.429. The molecule has 1 amide bonds. The molecule has 3 atom stereocenters. The topological polar surface area (TPSA) is 47.4 Å². The number of aryl methyl sites for hydroxylation is 1. The highest BCUT2D eigenvalue weighted by atomic mass is 19.1. The van der Waals surface area contributed by atoms with Gasteiger partial charge in [-0.2, -0.15) is 0 Å². The SMILES string of the molecule is COc1cc(C2CCCC23CCCN([C@@H](C)c2cc(F)cc(F)c2)C3=O)ccc1-n1cnc(C)c1. The van der Waals surface area contributed by atoms with Gasteiger partial charge in [0.15, 0.2) is 0 Å². The molecule has 0 N–H and O–H groups in total. The van der Waals surface area contributed by atoms with Crippen molar-refractivity contribution in [2.45, 2.75) is 57.9 Å². The lowest BCUT2D eigenvalue weighted by Gasteiger charge is -2.45. The summed E-state index contributed by atoms with van der Waals surface area (Å²) >= 11 is 0. The molecule has 2 unspecified atom stereocenters. The Morgan fingerprint density at radius 2 is 1.86 bits per heavy atom. The summed E-state index contributed by atoms with van der Waals surface area (Å²) in [5.41, 5.74) is 2.91. The number of hydrogen-bond donors (Lipinski definition) is 0. The zero-order valence-corrected chi connectivity index (χ0v) is 20.4. The van der Waals surface area contributed by atoms with Gasteiger partial charge in [-0.3, -0.25) is 4.79 Å². The van der Waals surface area contributed by atoms with Gasteiger partial charge in [0, 0.05) is 18.8 Å². The summed E-state index contributed by atoms with van der Waals surface area (Å²) in [6.07, 6.45) is 8.13. The number of imidazole rings is 1. The Morgan fingerprint density at radius 1 is 1.11 bits per heavy atom. The molecule has 1 aliphatic carbocycles. The number of benzene rings is 2. The van der Waals surface area contributed by atoms with Crippen LogP contribution in [0.5, 0.6) is 5.75 Å². The lowest BCUT2D eigenvalue weighted by atomic mass is 9.68. The maximum Gasteiger partial charge on any atom is 0.229 e. The van der Waals surface area contributed by atoms with Crippen LogP contribution in [0, 0.1) is 24.0 Å². The Balaban J connectivity index is 1.47. The summed E-state index contributed by atoms with van der Waals surface area (Å²) in [6.45, 7) is 4.40. The largest absolute Gasteiger partial charge is 0.495 e. The first kappa shape index (κ1) is 23.5. The number of nitrogens with zero attached hydrogens (tertiary/aromatic N) is 3. The molecule has 1 saturated heterocycles. The van der Waals surface area contributed by atoms with Gasteiger partial charge in [0.25, 0.3) is 0 Å². The van der Waals surface area contributed by atoms with Crippen LogP contribution in [-0.4, -0.2) is 34.0 Å². The van der Waals surface area contributed by atoms with Gasteiger partial charge in [-0.15, -0.1) is 0 Å². The fourth-order valence-corrected chi connectivity index (χ4v) is 6.22. The number of ether oxygens (including phenoxy) is 1. The summed E-state index contributed by atoms with van der Waals surface area (Å²) in [4.78, 5) is 20.2. The molecule has 7 heteroatoms. The molecule has 0 bridgehead atoms. The van der Waals surface area contributed by atoms with Crippen LogP contribution < -0.4 is 4.74 Å². The third-order valence-corrected chi connectivity index (χ3v) is 7.92. The summed E-state index contributed by atoms with van der Waals surface area (Å²) in [5, 5.41) is 0. The highest BCUT2D eigenvalue weighted by Gasteiger charge is 2.53. The number of methoxy groups -OCH3 is 1. The van der Waals surface area contributed by atoms with Gasteiger partial charge in [-0.1, -0.05) is 12.5 Å². The minimum atomic E-state index is -0.620. The highest BCUT2D eigenvalue weighted by Crippen LogP contribution is 2.56. The van der Waals surface area contributed by atoms with Crippen molar-refractivity contribution in [2.24, 2.45) is 5.41 Å². The predicted octanol–water partition coefficient (Wildman–Crippen LogP) is 6.11. The van der Waals surface area contributed by atoms with Crippen molar-refractivity contribution in [3.05, 3.63) is 77.4 Å². The van der Waals surface area contributed by atoms with Crippen LogP contribution >= 0.6 is 0 Å². The number of hydrogen-bond acceptors (Lipinski definition) is 3. The first-order chi connectivity index (χ1) is 16.8. The maximum absolute atomic E-state index is 14.1. The molecule has 1 saturated carbocycles. The Bertz CT molecular complexity index is 1240. The minimum Gasteiger partial charge on any atom is -0.495 e. The normalized spacial score (nSPS) is 23.2. The van der Waals surface area contributed by atoms with Gasteiger partial charge in [0.2, 0.25) is 5.91 Å². The molecule has 2 aromatic carbocycles. The number of rotatable bonds is 5. The molecule has 2 heterocycles. The molecule has 0 radical (unpaired) electrons. The first-order valence-corrected chi connectivity index (χ1v) is 12.3. The second-order valence-corrected chi connectivity index (χ2v) is 9.94. The van der Waals surface area contributed by atoms with Crippen LogP contribution in [-0.2, 0) is 4.79 Å². The number of likely N-dealkylation sites (tertiary alicyclic amines) is 1. The van der Waals surface area contributed by atoms with Crippen LogP contribution in [0.2, 0.25) is 0 Å². The number of amides is 1. The standard InChI is InChI=1S/C28H31F2N3O2/c1-18-16-32(17-31-18)25-8-7-20(14-26(25)35-3)24-6-4-9-28(24)10-5-11-33(27(28)34)19(2)21-12-22(29)15-23(30)13-21/h7-8,12-17,19,24H,4-6,9-11H2,1-3H3/t19-,24?,28?/m0/s1. The van der Waals surface area contributed by atoms with Gasteiger partial charge in [0.05, 0.1) is 36.3 Å². The van der Waals surface area contributed by atoms with Crippen LogP contribution in [0.1, 0.15) is 67.8 Å². The average molecular weight is 480 g/mol. The Hall–Kier alpha value is -3.22. The van der Waals surface area contributed by atoms with Gasteiger partial charge in [-0.25, -0.2) is 13.8 Å². The van der Waals surface area contributed by atoms with E-state index in [1.807, 2.05) is 35.6 Å². The smallest absolute Gasteiger partial charge is 0.229 e. The second-order valence-electron chi connectivity index (χ2n) is 9.94. The monoisotopic (exact) mass is 479 g/mol. The van der Waals surface area contributed by atoms with Gasteiger partial charge < -0.3 is 14.2 Å². The maximum atomic E-state index is 14.1. The van der Waals surface area contributed by atoms with E-state index in [1.165, 1.54) is 12.1 Å². The van der Waals surface area contributed by atoms with Crippen molar-refractivity contribution in [1.82, 2.24) is 14.5 Å².